The molecule has 2 aromatic carbocycles. The molecule has 0 saturated heterocycles. The summed E-state index contributed by atoms with van der Waals surface area (Å²) in [5.74, 6) is 0.808. The summed E-state index contributed by atoms with van der Waals surface area (Å²) in [6.45, 7) is 4.25. The van der Waals surface area contributed by atoms with Crippen LogP contribution < -0.4 is 10.6 Å². The van der Waals surface area contributed by atoms with Gasteiger partial charge in [0.2, 0.25) is 0 Å². The summed E-state index contributed by atoms with van der Waals surface area (Å²) in [4.78, 5) is 4.70. The zero-order valence-electron chi connectivity index (χ0n) is 17.6. The summed E-state index contributed by atoms with van der Waals surface area (Å²) < 4.78 is 3.73. The Balaban J connectivity index is 1.30. The van der Waals surface area contributed by atoms with E-state index in [1.54, 1.807) is 6.20 Å². The van der Waals surface area contributed by atoms with E-state index in [-0.39, 0.29) is 0 Å². The largest absolute Gasteiger partial charge is 0.357 e. The molecular formula is C24H27N7. The van der Waals surface area contributed by atoms with Crippen LogP contribution in [0.4, 0.5) is 0 Å². The number of guanidine groups is 1. The predicted octanol–water partition coefficient (Wildman–Crippen LogP) is 3.36. The van der Waals surface area contributed by atoms with E-state index in [1.165, 1.54) is 5.56 Å². The molecule has 0 aliphatic carbocycles. The molecule has 4 aromatic rings. The molecule has 0 amide bonds. The highest BCUT2D eigenvalue weighted by Gasteiger charge is 2.03. The second-order valence-corrected chi connectivity index (χ2v) is 7.12. The molecular weight excluding hydrogens is 386 g/mol. The van der Waals surface area contributed by atoms with Gasteiger partial charge in [0.15, 0.2) is 5.96 Å². The summed E-state index contributed by atoms with van der Waals surface area (Å²) in [7, 11) is 0. The van der Waals surface area contributed by atoms with Crippen LogP contribution in [0.2, 0.25) is 0 Å². The third-order valence-corrected chi connectivity index (χ3v) is 4.83. The van der Waals surface area contributed by atoms with E-state index in [4.69, 9.17) is 4.99 Å². The SMILES string of the molecule is CCNC(=NCc1cnn(-c2ccccc2)c1)NCCc1ccc(-n2cccn2)cc1. The molecule has 0 radical (unpaired) electrons. The average Bonchev–Trinajstić information content (AvgIpc) is 3.51. The fraction of sp³-hybridized carbons (Fsp3) is 0.208. The van der Waals surface area contributed by atoms with E-state index in [2.05, 4.69) is 52.0 Å². The van der Waals surface area contributed by atoms with Gasteiger partial charge < -0.3 is 10.6 Å². The first kappa shape index (κ1) is 20.4. The molecule has 2 N–H and O–H groups in total. The number of hydrogen-bond acceptors (Lipinski definition) is 3. The number of benzene rings is 2. The molecule has 0 saturated carbocycles. The van der Waals surface area contributed by atoms with Gasteiger partial charge in [-0.05, 0) is 49.2 Å². The zero-order chi connectivity index (χ0) is 21.3. The van der Waals surface area contributed by atoms with E-state index < -0.39 is 0 Å². The van der Waals surface area contributed by atoms with Gasteiger partial charge in [0.05, 0.1) is 24.1 Å². The Morgan fingerprint density at radius 3 is 2.42 bits per heavy atom. The van der Waals surface area contributed by atoms with Crippen LogP contribution >= 0.6 is 0 Å². The Labute approximate surface area is 182 Å². The molecule has 0 fully saturated rings. The van der Waals surface area contributed by atoms with Crippen molar-refractivity contribution in [3.63, 3.8) is 0 Å². The van der Waals surface area contributed by atoms with Gasteiger partial charge in [0.25, 0.3) is 0 Å². The lowest BCUT2D eigenvalue weighted by Gasteiger charge is -2.11. The van der Waals surface area contributed by atoms with Crippen molar-refractivity contribution in [2.24, 2.45) is 4.99 Å². The van der Waals surface area contributed by atoms with Crippen LogP contribution in [0.15, 0.2) is 90.4 Å². The molecule has 158 valence electrons. The molecule has 2 aromatic heterocycles. The van der Waals surface area contributed by atoms with Gasteiger partial charge in [-0.3, -0.25) is 0 Å². The maximum atomic E-state index is 4.70. The molecule has 0 aliphatic heterocycles. The van der Waals surface area contributed by atoms with Gasteiger partial charge in [-0.25, -0.2) is 14.4 Å². The Kier molecular flexibility index (Phi) is 6.74. The van der Waals surface area contributed by atoms with Crippen molar-refractivity contribution in [3.8, 4) is 11.4 Å². The summed E-state index contributed by atoms with van der Waals surface area (Å²) in [5, 5.41) is 15.4. The van der Waals surface area contributed by atoms with Crippen LogP contribution in [0.5, 0.6) is 0 Å². The first-order valence-electron chi connectivity index (χ1n) is 10.5. The van der Waals surface area contributed by atoms with Gasteiger partial charge in [-0.15, -0.1) is 0 Å². The van der Waals surface area contributed by atoms with Crippen LogP contribution in [0, 0.1) is 0 Å². The number of rotatable bonds is 8. The molecule has 0 atom stereocenters. The third kappa shape index (κ3) is 5.60. The highest BCUT2D eigenvalue weighted by Crippen LogP contribution is 2.10. The van der Waals surface area contributed by atoms with Crippen molar-refractivity contribution >= 4 is 5.96 Å². The van der Waals surface area contributed by atoms with E-state index in [0.717, 1.165) is 42.4 Å². The number of nitrogens with one attached hydrogen (secondary N) is 2. The number of hydrogen-bond donors (Lipinski definition) is 2. The third-order valence-electron chi connectivity index (χ3n) is 4.83. The van der Waals surface area contributed by atoms with Gasteiger partial charge in [0, 0.05) is 37.2 Å². The Morgan fingerprint density at radius 2 is 1.68 bits per heavy atom. The molecule has 4 rings (SSSR count). The van der Waals surface area contributed by atoms with E-state index in [1.807, 2.05) is 64.4 Å². The highest BCUT2D eigenvalue weighted by atomic mass is 15.3. The zero-order valence-corrected chi connectivity index (χ0v) is 17.6. The molecule has 2 heterocycles. The Morgan fingerprint density at radius 1 is 0.871 bits per heavy atom. The van der Waals surface area contributed by atoms with Gasteiger partial charge >= 0.3 is 0 Å². The summed E-state index contributed by atoms with van der Waals surface area (Å²) >= 11 is 0. The molecule has 31 heavy (non-hydrogen) atoms. The van der Waals surface area contributed by atoms with Crippen molar-refractivity contribution in [2.75, 3.05) is 13.1 Å². The first-order valence-corrected chi connectivity index (χ1v) is 10.5. The molecule has 0 aliphatic rings. The van der Waals surface area contributed by atoms with Crippen molar-refractivity contribution in [3.05, 3.63) is 96.6 Å². The first-order chi connectivity index (χ1) is 15.3. The van der Waals surface area contributed by atoms with Crippen LogP contribution in [-0.4, -0.2) is 38.6 Å². The molecule has 7 nitrogen and oxygen atoms in total. The van der Waals surface area contributed by atoms with E-state index in [0.29, 0.717) is 6.54 Å². The summed E-state index contributed by atoms with van der Waals surface area (Å²) in [6, 6.07) is 20.5. The molecule has 7 heteroatoms. The summed E-state index contributed by atoms with van der Waals surface area (Å²) in [5.41, 5.74) is 4.44. The second kappa shape index (κ2) is 10.2. The number of aliphatic imine (C=N–C) groups is 1. The minimum atomic E-state index is 0.570. The topological polar surface area (TPSA) is 72.1 Å². The van der Waals surface area contributed by atoms with E-state index >= 15 is 0 Å². The maximum Gasteiger partial charge on any atom is 0.191 e. The molecule has 0 spiro atoms. The average molecular weight is 414 g/mol. The minimum absolute atomic E-state index is 0.570. The van der Waals surface area contributed by atoms with Crippen LogP contribution in [-0.2, 0) is 13.0 Å². The Hall–Kier alpha value is -3.87. The molecule has 0 unspecified atom stereocenters. The van der Waals surface area contributed by atoms with Crippen molar-refractivity contribution < 1.29 is 0 Å². The van der Waals surface area contributed by atoms with Crippen LogP contribution in [0.1, 0.15) is 18.1 Å². The van der Waals surface area contributed by atoms with Crippen molar-refractivity contribution in [2.45, 2.75) is 19.9 Å². The predicted molar refractivity (Wildman–Crippen MR) is 124 cm³/mol. The minimum Gasteiger partial charge on any atom is -0.357 e. The number of nitrogens with zero attached hydrogens (tertiary/aromatic N) is 5. The highest BCUT2D eigenvalue weighted by molar-refractivity contribution is 5.79. The van der Waals surface area contributed by atoms with Crippen molar-refractivity contribution in [1.29, 1.82) is 0 Å². The fourth-order valence-corrected chi connectivity index (χ4v) is 3.24. The van der Waals surface area contributed by atoms with E-state index in [9.17, 15) is 0 Å². The lowest BCUT2D eigenvalue weighted by Crippen LogP contribution is -2.38. The quantitative estimate of drug-likeness (QED) is 0.343. The van der Waals surface area contributed by atoms with Gasteiger partial charge in [0.1, 0.15) is 0 Å². The Bertz CT molecular complexity index is 1080. The van der Waals surface area contributed by atoms with Crippen LogP contribution in [0.25, 0.3) is 11.4 Å². The lowest BCUT2D eigenvalue weighted by atomic mass is 10.1. The smallest absolute Gasteiger partial charge is 0.191 e. The van der Waals surface area contributed by atoms with Crippen molar-refractivity contribution in [1.82, 2.24) is 30.2 Å². The maximum absolute atomic E-state index is 4.70. The fourth-order valence-electron chi connectivity index (χ4n) is 3.24. The van der Waals surface area contributed by atoms with Gasteiger partial charge in [-0.2, -0.15) is 10.2 Å². The number of para-hydroxylation sites is 1. The standard InChI is InChI=1S/C24H27N7/c1-2-25-24(27-17-21-18-29-31(19-21)22-7-4-3-5-8-22)26-15-13-20-9-11-23(12-10-20)30-16-6-14-28-30/h3-12,14,16,18-19H,2,13,15,17H2,1H3,(H2,25,26,27). The number of aromatic nitrogens is 4. The molecule has 0 bridgehead atoms. The summed E-state index contributed by atoms with van der Waals surface area (Å²) in [6.07, 6.45) is 8.52. The normalized spacial score (nSPS) is 11.5. The lowest BCUT2D eigenvalue weighted by molar-refractivity contribution is 0.798. The van der Waals surface area contributed by atoms with Gasteiger partial charge in [-0.1, -0.05) is 30.3 Å². The monoisotopic (exact) mass is 413 g/mol. The van der Waals surface area contributed by atoms with Crippen LogP contribution in [0.3, 0.4) is 0 Å². The second-order valence-electron chi connectivity index (χ2n) is 7.12.